The summed E-state index contributed by atoms with van der Waals surface area (Å²) in [6.45, 7) is 6.55. The van der Waals surface area contributed by atoms with Gasteiger partial charge in [-0.3, -0.25) is 0 Å². The van der Waals surface area contributed by atoms with Crippen molar-refractivity contribution in [3.05, 3.63) is 11.1 Å². The second kappa shape index (κ2) is 3.05. The molecule has 3 heteroatoms. The lowest BCUT2D eigenvalue weighted by Gasteiger charge is -2.14. The van der Waals surface area contributed by atoms with Crippen molar-refractivity contribution in [1.82, 2.24) is 4.98 Å². The second-order valence-corrected chi connectivity index (χ2v) is 5.00. The van der Waals surface area contributed by atoms with Crippen LogP contribution in [0.4, 0.5) is 5.13 Å². The lowest BCUT2D eigenvalue weighted by Crippen LogP contribution is -2.13. The van der Waals surface area contributed by atoms with E-state index in [4.69, 9.17) is 0 Å². The second-order valence-electron chi connectivity index (χ2n) is 4.16. The molecule has 68 valence electrons. The summed E-state index contributed by atoms with van der Waals surface area (Å²) in [6.07, 6.45) is 0. The Morgan fingerprint density at radius 3 is 2.17 bits per heavy atom. The molecule has 0 bridgehead atoms. The van der Waals surface area contributed by atoms with Crippen LogP contribution in [0.3, 0.4) is 0 Å². The van der Waals surface area contributed by atoms with E-state index >= 15 is 0 Å². The molecular formula is C9H16N2S. The maximum absolute atomic E-state index is 4.53. The van der Waals surface area contributed by atoms with Crippen molar-refractivity contribution >= 4 is 16.5 Å². The summed E-state index contributed by atoms with van der Waals surface area (Å²) >= 11 is 1.70. The zero-order valence-electron chi connectivity index (χ0n) is 8.38. The quantitative estimate of drug-likeness (QED) is 0.666. The molecule has 1 heterocycles. The smallest absolute Gasteiger partial charge is 0.184 e. The number of thiazole rings is 1. The van der Waals surface area contributed by atoms with Crippen molar-refractivity contribution in [1.29, 1.82) is 0 Å². The Bertz CT molecular complexity index is 258. The van der Waals surface area contributed by atoms with Crippen molar-refractivity contribution < 1.29 is 0 Å². The van der Waals surface area contributed by atoms with Crippen molar-refractivity contribution in [2.24, 2.45) is 0 Å². The third-order valence-corrected chi connectivity index (χ3v) is 2.65. The monoisotopic (exact) mass is 184 g/mol. The lowest BCUT2D eigenvalue weighted by molar-refractivity contribution is 0.573. The van der Waals surface area contributed by atoms with Crippen LogP contribution in [0, 0.1) is 0 Å². The molecule has 0 radical (unpaired) electrons. The summed E-state index contributed by atoms with van der Waals surface area (Å²) in [4.78, 5) is 6.57. The highest BCUT2D eigenvalue weighted by Gasteiger charge is 2.17. The van der Waals surface area contributed by atoms with Crippen molar-refractivity contribution in [2.75, 3.05) is 19.0 Å². The Kier molecular flexibility index (Phi) is 2.42. The third kappa shape index (κ3) is 1.97. The molecule has 0 saturated heterocycles. The Hall–Kier alpha value is -0.570. The fourth-order valence-corrected chi connectivity index (χ4v) is 1.80. The number of rotatable bonds is 1. The average Bonchev–Trinajstić information content (AvgIpc) is 2.30. The average molecular weight is 184 g/mol. The van der Waals surface area contributed by atoms with Gasteiger partial charge in [-0.25, -0.2) is 4.98 Å². The molecule has 1 aromatic rings. The number of hydrogen-bond acceptors (Lipinski definition) is 3. The Morgan fingerprint density at radius 2 is 1.92 bits per heavy atom. The predicted molar refractivity (Wildman–Crippen MR) is 55.1 cm³/mol. The van der Waals surface area contributed by atoms with E-state index in [9.17, 15) is 0 Å². The number of anilines is 1. The van der Waals surface area contributed by atoms with Gasteiger partial charge in [-0.15, -0.1) is 11.3 Å². The third-order valence-electron chi connectivity index (χ3n) is 1.64. The predicted octanol–water partition coefficient (Wildman–Crippen LogP) is 2.51. The first-order chi connectivity index (χ1) is 5.41. The van der Waals surface area contributed by atoms with Gasteiger partial charge in [0.05, 0.1) is 5.69 Å². The number of aromatic nitrogens is 1. The molecule has 2 nitrogen and oxygen atoms in total. The van der Waals surface area contributed by atoms with E-state index in [0.29, 0.717) is 0 Å². The molecule has 0 spiro atoms. The molecule has 0 aliphatic carbocycles. The lowest BCUT2D eigenvalue weighted by atomic mass is 9.93. The topological polar surface area (TPSA) is 16.1 Å². The summed E-state index contributed by atoms with van der Waals surface area (Å²) in [5, 5.41) is 3.22. The number of hydrogen-bond donors (Lipinski definition) is 0. The highest BCUT2D eigenvalue weighted by molar-refractivity contribution is 7.13. The van der Waals surface area contributed by atoms with Crippen LogP contribution in [0.25, 0.3) is 0 Å². The largest absolute Gasteiger partial charge is 0.354 e. The summed E-state index contributed by atoms with van der Waals surface area (Å²) in [5.41, 5.74) is 1.35. The molecule has 1 aromatic heterocycles. The molecule has 0 N–H and O–H groups in total. The Morgan fingerprint density at radius 1 is 1.33 bits per heavy atom. The molecule has 0 saturated carbocycles. The van der Waals surface area contributed by atoms with E-state index in [-0.39, 0.29) is 5.41 Å². The van der Waals surface area contributed by atoms with Gasteiger partial charge in [-0.1, -0.05) is 20.8 Å². The normalized spacial score (nSPS) is 11.8. The van der Waals surface area contributed by atoms with Crippen molar-refractivity contribution in [3.8, 4) is 0 Å². The SMILES string of the molecule is CN(C)c1nc(C(C)(C)C)cs1. The van der Waals surface area contributed by atoms with Gasteiger partial charge in [0, 0.05) is 24.9 Å². The number of nitrogens with zero attached hydrogens (tertiary/aromatic N) is 2. The maximum Gasteiger partial charge on any atom is 0.184 e. The van der Waals surface area contributed by atoms with Crippen molar-refractivity contribution in [2.45, 2.75) is 26.2 Å². The molecule has 12 heavy (non-hydrogen) atoms. The van der Waals surface area contributed by atoms with Crippen LogP contribution < -0.4 is 4.90 Å². The van der Waals surface area contributed by atoms with E-state index in [1.807, 2.05) is 19.0 Å². The molecule has 0 unspecified atom stereocenters. The summed E-state index contributed by atoms with van der Waals surface area (Å²) in [6, 6.07) is 0. The van der Waals surface area contributed by atoms with Crippen LogP contribution in [0.1, 0.15) is 26.5 Å². The fourth-order valence-electron chi connectivity index (χ4n) is 0.814. The van der Waals surface area contributed by atoms with E-state index < -0.39 is 0 Å². The van der Waals surface area contributed by atoms with Crippen LogP contribution in [-0.4, -0.2) is 19.1 Å². The van der Waals surface area contributed by atoms with Crippen LogP contribution >= 0.6 is 11.3 Å². The van der Waals surface area contributed by atoms with Crippen LogP contribution in [0.15, 0.2) is 5.38 Å². The highest BCUT2D eigenvalue weighted by Crippen LogP contribution is 2.27. The molecule has 0 atom stereocenters. The molecule has 0 fully saturated rings. The molecule has 0 amide bonds. The molecular weight excluding hydrogens is 168 g/mol. The van der Waals surface area contributed by atoms with Crippen LogP contribution in [-0.2, 0) is 5.41 Å². The minimum atomic E-state index is 0.171. The first-order valence-electron chi connectivity index (χ1n) is 4.04. The highest BCUT2D eigenvalue weighted by atomic mass is 32.1. The van der Waals surface area contributed by atoms with Gasteiger partial charge in [-0.05, 0) is 0 Å². The molecule has 0 aliphatic rings. The van der Waals surface area contributed by atoms with Gasteiger partial charge < -0.3 is 4.90 Å². The standard InChI is InChI=1S/C9H16N2S/c1-9(2,3)7-6-12-8(10-7)11(4)5/h6H,1-5H3. The summed E-state index contributed by atoms with van der Waals surface area (Å²) in [7, 11) is 4.04. The molecule has 0 aliphatic heterocycles. The first kappa shape index (κ1) is 9.52. The summed E-state index contributed by atoms with van der Waals surface area (Å²) < 4.78 is 0. The van der Waals surface area contributed by atoms with Gasteiger partial charge >= 0.3 is 0 Å². The maximum atomic E-state index is 4.53. The van der Waals surface area contributed by atoms with E-state index in [0.717, 1.165) is 5.13 Å². The van der Waals surface area contributed by atoms with Gasteiger partial charge in [0.25, 0.3) is 0 Å². The Balaban J connectivity index is 2.92. The zero-order chi connectivity index (χ0) is 9.35. The molecule has 1 rings (SSSR count). The minimum absolute atomic E-state index is 0.171. The summed E-state index contributed by atoms with van der Waals surface area (Å²) in [5.74, 6) is 0. The minimum Gasteiger partial charge on any atom is -0.354 e. The fraction of sp³-hybridized carbons (Fsp3) is 0.667. The zero-order valence-corrected chi connectivity index (χ0v) is 9.20. The van der Waals surface area contributed by atoms with Gasteiger partial charge in [0.2, 0.25) is 0 Å². The molecule has 0 aromatic carbocycles. The van der Waals surface area contributed by atoms with Gasteiger partial charge in [-0.2, -0.15) is 0 Å². The van der Waals surface area contributed by atoms with E-state index in [1.165, 1.54) is 5.69 Å². The van der Waals surface area contributed by atoms with Gasteiger partial charge in [0.15, 0.2) is 5.13 Å². The van der Waals surface area contributed by atoms with Crippen LogP contribution in [0.5, 0.6) is 0 Å². The van der Waals surface area contributed by atoms with Crippen LogP contribution in [0.2, 0.25) is 0 Å². The van der Waals surface area contributed by atoms with E-state index in [1.54, 1.807) is 11.3 Å². The van der Waals surface area contributed by atoms with Gasteiger partial charge in [0.1, 0.15) is 0 Å². The van der Waals surface area contributed by atoms with E-state index in [2.05, 4.69) is 31.1 Å². The Labute approximate surface area is 78.2 Å². The first-order valence-corrected chi connectivity index (χ1v) is 4.92. The van der Waals surface area contributed by atoms with Crippen molar-refractivity contribution in [3.63, 3.8) is 0 Å².